The van der Waals surface area contributed by atoms with Crippen molar-refractivity contribution in [2.45, 2.75) is 53.1 Å². The molecule has 0 aliphatic heterocycles. The van der Waals surface area contributed by atoms with Gasteiger partial charge in [0.2, 0.25) is 0 Å². The van der Waals surface area contributed by atoms with Crippen LogP contribution in [-0.2, 0) is 6.54 Å². The van der Waals surface area contributed by atoms with Crippen LogP contribution in [-0.4, -0.2) is 5.54 Å². The monoisotopic (exact) mass is 254 g/mol. The summed E-state index contributed by atoms with van der Waals surface area (Å²) in [6.07, 6.45) is 1.20. The Labute approximate surface area is 111 Å². The molecule has 1 aromatic rings. The summed E-state index contributed by atoms with van der Waals surface area (Å²) in [5.41, 5.74) is 1.98. The minimum absolute atomic E-state index is 0.276. The topological polar surface area (TPSA) is 16.6 Å². The molecule has 0 bridgehead atoms. The normalized spacial score (nSPS) is 12.8. The summed E-state index contributed by atoms with van der Waals surface area (Å²) in [7, 11) is 0. The van der Waals surface area contributed by atoms with Gasteiger partial charge in [-0.05, 0) is 31.4 Å². The molecule has 2 heteroatoms. The van der Waals surface area contributed by atoms with Crippen molar-refractivity contribution in [2.75, 3.05) is 0 Å². The van der Waals surface area contributed by atoms with Gasteiger partial charge in [-0.15, -0.1) is 0 Å². The molecule has 0 radical (unpaired) electrons. The summed E-state index contributed by atoms with van der Waals surface area (Å²) in [6, 6.07) is 8.13. The zero-order valence-corrected chi connectivity index (χ0v) is 12.4. The number of halogens is 1. The molecule has 1 rings (SSSR count). The molecule has 0 amide bonds. The van der Waals surface area contributed by atoms with E-state index in [1.54, 1.807) is 0 Å². The zero-order chi connectivity index (χ0) is 13.1. The Kier molecular flexibility index (Phi) is 4.62. The van der Waals surface area contributed by atoms with Gasteiger partial charge in [0.1, 0.15) is 6.54 Å². The molecule has 96 valence electrons. The van der Waals surface area contributed by atoms with E-state index in [-0.39, 0.29) is 5.54 Å². The van der Waals surface area contributed by atoms with Crippen LogP contribution >= 0.6 is 11.6 Å². The average molecular weight is 255 g/mol. The van der Waals surface area contributed by atoms with Gasteiger partial charge in [-0.3, -0.25) is 0 Å². The Bertz CT molecular complexity index is 346. The Balaban J connectivity index is 2.52. The SMILES string of the molecule is CC(C)(C)CC(C)(C)[NH2+]Cc1ccc(Cl)cc1. The summed E-state index contributed by atoms with van der Waals surface area (Å²) in [5.74, 6) is 0. The van der Waals surface area contributed by atoms with Crippen LogP contribution in [0.25, 0.3) is 0 Å². The average Bonchev–Trinajstić information content (AvgIpc) is 2.13. The van der Waals surface area contributed by atoms with Crippen molar-refractivity contribution < 1.29 is 5.32 Å². The largest absolute Gasteiger partial charge is 0.338 e. The second-order valence-electron chi connectivity index (χ2n) is 6.76. The molecule has 2 N–H and O–H groups in total. The Morgan fingerprint density at radius 2 is 1.53 bits per heavy atom. The summed E-state index contributed by atoms with van der Waals surface area (Å²) >= 11 is 5.88. The van der Waals surface area contributed by atoms with Crippen molar-refractivity contribution in [3.8, 4) is 0 Å². The molecule has 0 fully saturated rings. The van der Waals surface area contributed by atoms with E-state index in [4.69, 9.17) is 11.6 Å². The van der Waals surface area contributed by atoms with Gasteiger partial charge in [-0.1, -0.05) is 44.5 Å². The van der Waals surface area contributed by atoms with Gasteiger partial charge in [0.05, 0.1) is 5.54 Å². The predicted molar refractivity (Wildman–Crippen MR) is 75.2 cm³/mol. The van der Waals surface area contributed by atoms with E-state index in [9.17, 15) is 0 Å². The number of hydrogen-bond acceptors (Lipinski definition) is 0. The summed E-state index contributed by atoms with van der Waals surface area (Å²) in [6.45, 7) is 12.5. The van der Waals surface area contributed by atoms with Crippen molar-refractivity contribution in [1.29, 1.82) is 0 Å². The first kappa shape index (κ1) is 14.5. The number of hydrogen-bond donors (Lipinski definition) is 1. The lowest BCUT2D eigenvalue weighted by molar-refractivity contribution is -0.737. The highest BCUT2D eigenvalue weighted by molar-refractivity contribution is 6.30. The van der Waals surface area contributed by atoms with Crippen LogP contribution in [0.4, 0.5) is 0 Å². The van der Waals surface area contributed by atoms with Crippen molar-refractivity contribution in [1.82, 2.24) is 0 Å². The quantitative estimate of drug-likeness (QED) is 0.845. The third-order valence-electron chi connectivity index (χ3n) is 2.79. The molecule has 0 saturated heterocycles. The fourth-order valence-corrected chi connectivity index (χ4v) is 2.58. The Morgan fingerprint density at radius 3 is 2.00 bits per heavy atom. The molecule has 17 heavy (non-hydrogen) atoms. The summed E-state index contributed by atoms with van der Waals surface area (Å²) in [4.78, 5) is 0. The number of benzene rings is 1. The van der Waals surface area contributed by atoms with Crippen LogP contribution in [0.2, 0.25) is 5.02 Å². The van der Waals surface area contributed by atoms with Crippen molar-refractivity contribution >= 4 is 11.6 Å². The van der Waals surface area contributed by atoms with Gasteiger partial charge in [-0.25, -0.2) is 0 Å². The predicted octanol–water partition coefficient (Wildman–Crippen LogP) is 3.62. The number of nitrogens with two attached hydrogens (primary N) is 1. The fourth-order valence-electron chi connectivity index (χ4n) is 2.45. The van der Waals surface area contributed by atoms with E-state index >= 15 is 0 Å². The molecular formula is C15H25ClN+. The first-order chi connectivity index (χ1) is 7.68. The van der Waals surface area contributed by atoms with Crippen LogP contribution in [0.5, 0.6) is 0 Å². The highest BCUT2D eigenvalue weighted by Crippen LogP contribution is 2.24. The first-order valence-electron chi connectivity index (χ1n) is 6.27. The maximum atomic E-state index is 5.88. The van der Waals surface area contributed by atoms with E-state index in [0.717, 1.165) is 11.6 Å². The lowest BCUT2D eigenvalue weighted by Crippen LogP contribution is -2.94. The lowest BCUT2D eigenvalue weighted by atomic mass is 9.82. The summed E-state index contributed by atoms with van der Waals surface area (Å²) < 4.78 is 0. The van der Waals surface area contributed by atoms with Crippen molar-refractivity contribution in [3.63, 3.8) is 0 Å². The highest BCUT2D eigenvalue weighted by atomic mass is 35.5. The van der Waals surface area contributed by atoms with Crippen LogP contribution < -0.4 is 5.32 Å². The molecule has 0 unspecified atom stereocenters. The van der Waals surface area contributed by atoms with E-state index in [0.29, 0.717) is 5.41 Å². The minimum Gasteiger partial charge on any atom is -0.338 e. The maximum absolute atomic E-state index is 5.88. The Hall–Kier alpha value is -0.530. The smallest absolute Gasteiger partial charge is 0.102 e. The number of quaternary nitrogens is 1. The van der Waals surface area contributed by atoms with Crippen LogP contribution in [0.3, 0.4) is 0 Å². The third-order valence-corrected chi connectivity index (χ3v) is 3.04. The van der Waals surface area contributed by atoms with Gasteiger partial charge in [0, 0.05) is 17.0 Å². The van der Waals surface area contributed by atoms with Crippen molar-refractivity contribution in [2.24, 2.45) is 5.41 Å². The molecule has 0 aliphatic rings. The number of rotatable bonds is 4. The van der Waals surface area contributed by atoms with Gasteiger partial charge < -0.3 is 5.32 Å². The van der Waals surface area contributed by atoms with E-state index in [1.807, 2.05) is 12.1 Å². The molecule has 0 aromatic heterocycles. The van der Waals surface area contributed by atoms with Crippen LogP contribution in [0.1, 0.15) is 46.6 Å². The highest BCUT2D eigenvalue weighted by Gasteiger charge is 2.27. The minimum atomic E-state index is 0.276. The third kappa shape index (κ3) is 6.09. The molecule has 0 atom stereocenters. The van der Waals surface area contributed by atoms with Crippen LogP contribution in [0, 0.1) is 5.41 Å². The molecule has 0 spiro atoms. The molecular weight excluding hydrogens is 230 g/mol. The Morgan fingerprint density at radius 1 is 1.00 bits per heavy atom. The lowest BCUT2D eigenvalue weighted by Gasteiger charge is -2.30. The second-order valence-corrected chi connectivity index (χ2v) is 7.20. The van der Waals surface area contributed by atoms with Crippen LogP contribution in [0.15, 0.2) is 24.3 Å². The van der Waals surface area contributed by atoms with Gasteiger partial charge in [0.25, 0.3) is 0 Å². The van der Waals surface area contributed by atoms with Gasteiger partial charge in [-0.2, -0.15) is 0 Å². The molecule has 1 nitrogen and oxygen atoms in total. The van der Waals surface area contributed by atoms with E-state index in [1.165, 1.54) is 12.0 Å². The van der Waals surface area contributed by atoms with E-state index < -0.39 is 0 Å². The fraction of sp³-hybridized carbons (Fsp3) is 0.600. The zero-order valence-electron chi connectivity index (χ0n) is 11.7. The van der Waals surface area contributed by atoms with Gasteiger partial charge in [0.15, 0.2) is 0 Å². The molecule has 0 heterocycles. The maximum Gasteiger partial charge on any atom is 0.102 e. The summed E-state index contributed by atoms with van der Waals surface area (Å²) in [5, 5.41) is 3.23. The standard InChI is InChI=1S/C15H24ClN/c1-14(2,3)11-15(4,5)17-10-12-6-8-13(16)9-7-12/h6-9,17H,10-11H2,1-5H3/p+1. The first-order valence-corrected chi connectivity index (χ1v) is 6.65. The molecule has 0 saturated carbocycles. The second kappa shape index (κ2) is 5.41. The molecule has 0 aliphatic carbocycles. The van der Waals surface area contributed by atoms with Crippen molar-refractivity contribution in [3.05, 3.63) is 34.9 Å². The van der Waals surface area contributed by atoms with Gasteiger partial charge >= 0.3 is 0 Å². The van der Waals surface area contributed by atoms with E-state index in [2.05, 4.69) is 52.1 Å². The molecule has 1 aromatic carbocycles.